The summed E-state index contributed by atoms with van der Waals surface area (Å²) in [6.45, 7) is 0.437. The fraction of sp³-hybridized carbons (Fsp3) is 0.125. The van der Waals surface area contributed by atoms with E-state index < -0.39 is 0 Å². The molecule has 114 valence electrons. The Hall–Kier alpha value is -3.22. The number of carbonyl (C=O) groups is 1. The van der Waals surface area contributed by atoms with Crippen LogP contribution in [0.3, 0.4) is 0 Å². The van der Waals surface area contributed by atoms with Crippen LogP contribution in [0.4, 0.5) is 6.01 Å². The van der Waals surface area contributed by atoms with Crippen LogP contribution in [0.1, 0.15) is 6.42 Å². The number of aromatic nitrogens is 4. The van der Waals surface area contributed by atoms with Crippen molar-refractivity contribution in [1.82, 2.24) is 20.0 Å². The summed E-state index contributed by atoms with van der Waals surface area (Å²) < 4.78 is 7.18. The molecule has 0 spiro atoms. The van der Waals surface area contributed by atoms with Crippen LogP contribution in [0, 0.1) is 0 Å². The van der Waals surface area contributed by atoms with Crippen LogP contribution in [-0.4, -0.2) is 25.9 Å². The molecule has 0 aliphatic heterocycles. The monoisotopic (exact) mass is 307 g/mol. The first kappa shape index (κ1) is 13.4. The first-order valence-electron chi connectivity index (χ1n) is 7.23. The third kappa shape index (κ3) is 2.64. The van der Waals surface area contributed by atoms with E-state index in [9.17, 15) is 4.79 Å². The number of hydrogen-bond donors (Lipinski definition) is 1. The summed E-state index contributed by atoms with van der Waals surface area (Å²) in [6.07, 6.45) is 0.256. The number of para-hydroxylation sites is 3. The zero-order valence-corrected chi connectivity index (χ0v) is 12.1. The van der Waals surface area contributed by atoms with Crippen molar-refractivity contribution in [1.29, 1.82) is 0 Å². The lowest BCUT2D eigenvalue weighted by molar-refractivity contribution is -0.116. The Balaban J connectivity index is 1.43. The highest BCUT2D eigenvalue weighted by molar-refractivity contribution is 5.90. The fourth-order valence-electron chi connectivity index (χ4n) is 2.40. The maximum atomic E-state index is 12.0. The number of hydrogen-bond acceptors (Lipinski definition) is 5. The van der Waals surface area contributed by atoms with E-state index in [0.29, 0.717) is 17.6 Å². The summed E-state index contributed by atoms with van der Waals surface area (Å²) in [5, 5.41) is 10.8. The first-order chi connectivity index (χ1) is 11.3. The van der Waals surface area contributed by atoms with Crippen molar-refractivity contribution in [3.63, 3.8) is 0 Å². The van der Waals surface area contributed by atoms with Gasteiger partial charge in [-0.25, -0.2) is 4.68 Å². The van der Waals surface area contributed by atoms with Crippen molar-refractivity contribution in [2.45, 2.75) is 13.0 Å². The van der Waals surface area contributed by atoms with Crippen LogP contribution in [0.15, 0.2) is 52.9 Å². The van der Waals surface area contributed by atoms with E-state index in [2.05, 4.69) is 20.6 Å². The second-order valence-electron chi connectivity index (χ2n) is 5.09. The summed E-state index contributed by atoms with van der Waals surface area (Å²) >= 11 is 0. The summed E-state index contributed by atoms with van der Waals surface area (Å²) in [6, 6.07) is 15.2. The molecule has 2 heterocycles. The molecule has 0 saturated carbocycles. The van der Waals surface area contributed by atoms with Gasteiger partial charge in [-0.05, 0) is 24.3 Å². The number of rotatable bonds is 4. The Bertz CT molecular complexity index is 955. The molecule has 4 rings (SSSR count). The van der Waals surface area contributed by atoms with Crippen molar-refractivity contribution in [2.75, 3.05) is 5.32 Å². The maximum Gasteiger partial charge on any atom is 0.302 e. The number of anilines is 1. The highest BCUT2D eigenvalue weighted by Crippen LogP contribution is 2.18. The van der Waals surface area contributed by atoms with Gasteiger partial charge in [0.05, 0.1) is 12.1 Å². The summed E-state index contributed by atoms with van der Waals surface area (Å²) in [4.78, 5) is 16.3. The Morgan fingerprint density at radius 2 is 1.87 bits per heavy atom. The van der Waals surface area contributed by atoms with Gasteiger partial charge >= 0.3 is 6.01 Å². The topological polar surface area (TPSA) is 85.8 Å². The minimum Gasteiger partial charge on any atom is -0.423 e. The van der Waals surface area contributed by atoms with E-state index in [-0.39, 0.29) is 18.3 Å². The standard InChI is InChI=1S/C16H13N5O2/c22-15(18-16-17-12-6-2-4-8-14(12)23-16)9-10-21-13-7-3-1-5-11(13)19-20-21/h1-8H,9-10H2,(H,17,18,22). The Kier molecular flexibility index (Phi) is 3.23. The quantitative estimate of drug-likeness (QED) is 0.626. The van der Waals surface area contributed by atoms with Crippen LogP contribution in [0.25, 0.3) is 22.1 Å². The predicted molar refractivity (Wildman–Crippen MR) is 84.8 cm³/mol. The summed E-state index contributed by atoms with van der Waals surface area (Å²) in [7, 11) is 0. The number of nitrogens with one attached hydrogen (secondary N) is 1. The molecule has 2 aromatic carbocycles. The highest BCUT2D eigenvalue weighted by Gasteiger charge is 2.10. The Labute approximate surface area is 130 Å². The number of benzene rings is 2. The second-order valence-corrected chi connectivity index (χ2v) is 5.09. The third-order valence-electron chi connectivity index (χ3n) is 3.51. The molecule has 0 bridgehead atoms. The zero-order valence-electron chi connectivity index (χ0n) is 12.1. The molecule has 23 heavy (non-hydrogen) atoms. The minimum absolute atomic E-state index is 0.184. The van der Waals surface area contributed by atoms with Crippen LogP contribution in [0.5, 0.6) is 0 Å². The van der Waals surface area contributed by atoms with Gasteiger partial charge < -0.3 is 4.42 Å². The van der Waals surface area contributed by atoms with E-state index in [1.807, 2.05) is 42.5 Å². The lowest BCUT2D eigenvalue weighted by Crippen LogP contribution is -2.15. The second kappa shape index (κ2) is 5.53. The Morgan fingerprint density at radius 3 is 2.74 bits per heavy atom. The van der Waals surface area contributed by atoms with E-state index in [1.165, 1.54) is 0 Å². The van der Waals surface area contributed by atoms with Crippen molar-refractivity contribution in [2.24, 2.45) is 0 Å². The Morgan fingerprint density at radius 1 is 1.09 bits per heavy atom. The molecule has 0 saturated heterocycles. The lowest BCUT2D eigenvalue weighted by atomic mass is 10.3. The van der Waals surface area contributed by atoms with Crippen LogP contribution in [0.2, 0.25) is 0 Å². The largest absolute Gasteiger partial charge is 0.423 e. The smallest absolute Gasteiger partial charge is 0.302 e. The molecule has 7 nitrogen and oxygen atoms in total. The van der Waals surface area contributed by atoms with Crippen LogP contribution < -0.4 is 5.32 Å². The molecule has 0 atom stereocenters. The molecule has 0 unspecified atom stereocenters. The van der Waals surface area contributed by atoms with Gasteiger partial charge in [-0.2, -0.15) is 4.98 Å². The first-order valence-corrected chi connectivity index (χ1v) is 7.23. The SMILES string of the molecule is O=C(CCn1nnc2ccccc21)Nc1nc2ccccc2o1. The average molecular weight is 307 g/mol. The van der Waals surface area contributed by atoms with E-state index >= 15 is 0 Å². The number of fused-ring (bicyclic) bond motifs is 2. The molecule has 2 aromatic heterocycles. The molecule has 0 radical (unpaired) electrons. The highest BCUT2D eigenvalue weighted by atomic mass is 16.4. The number of carbonyl (C=O) groups excluding carboxylic acids is 1. The fourth-order valence-corrected chi connectivity index (χ4v) is 2.40. The minimum atomic E-state index is -0.184. The van der Waals surface area contributed by atoms with Gasteiger partial charge in [0.25, 0.3) is 0 Å². The molecular weight excluding hydrogens is 294 g/mol. The van der Waals surface area contributed by atoms with Gasteiger partial charge in [-0.1, -0.05) is 29.5 Å². The number of amides is 1. The van der Waals surface area contributed by atoms with Gasteiger partial charge in [0.15, 0.2) is 5.58 Å². The van der Waals surface area contributed by atoms with E-state index in [0.717, 1.165) is 11.0 Å². The van der Waals surface area contributed by atoms with Gasteiger partial charge in [0, 0.05) is 6.42 Å². The third-order valence-corrected chi connectivity index (χ3v) is 3.51. The van der Waals surface area contributed by atoms with Gasteiger partial charge in [-0.15, -0.1) is 5.10 Å². The molecule has 1 N–H and O–H groups in total. The van der Waals surface area contributed by atoms with Gasteiger partial charge in [0.1, 0.15) is 11.0 Å². The normalized spacial score (nSPS) is 11.1. The maximum absolute atomic E-state index is 12.0. The van der Waals surface area contributed by atoms with Gasteiger partial charge in [-0.3, -0.25) is 10.1 Å². The average Bonchev–Trinajstić information content (AvgIpc) is 3.16. The van der Waals surface area contributed by atoms with Crippen LogP contribution >= 0.6 is 0 Å². The van der Waals surface area contributed by atoms with Crippen LogP contribution in [-0.2, 0) is 11.3 Å². The molecule has 0 fully saturated rings. The van der Waals surface area contributed by atoms with Crippen molar-refractivity contribution in [3.8, 4) is 0 Å². The van der Waals surface area contributed by atoms with E-state index in [1.54, 1.807) is 10.7 Å². The number of oxazole rings is 1. The molecule has 0 aliphatic carbocycles. The summed E-state index contributed by atoms with van der Waals surface area (Å²) in [5.41, 5.74) is 3.07. The number of nitrogens with zero attached hydrogens (tertiary/aromatic N) is 4. The lowest BCUT2D eigenvalue weighted by Gasteiger charge is -2.02. The van der Waals surface area contributed by atoms with Gasteiger partial charge in [0.2, 0.25) is 5.91 Å². The molecule has 0 aliphatic rings. The van der Waals surface area contributed by atoms with E-state index in [4.69, 9.17) is 4.42 Å². The van der Waals surface area contributed by atoms with Crippen molar-refractivity contribution < 1.29 is 9.21 Å². The molecular formula is C16H13N5O2. The molecule has 4 aromatic rings. The molecule has 1 amide bonds. The van der Waals surface area contributed by atoms with Crippen molar-refractivity contribution >= 4 is 34.1 Å². The predicted octanol–water partition coefficient (Wildman–Crippen LogP) is 2.60. The zero-order chi connectivity index (χ0) is 15.6. The molecule has 7 heteroatoms. The summed E-state index contributed by atoms with van der Waals surface area (Å²) in [5.74, 6) is -0.184. The van der Waals surface area contributed by atoms with Crippen molar-refractivity contribution in [3.05, 3.63) is 48.5 Å². The number of aryl methyl sites for hydroxylation is 1.